The quantitative estimate of drug-likeness (QED) is 0.617. The number of pyridine rings is 1. The van der Waals surface area contributed by atoms with E-state index in [0.717, 1.165) is 12.8 Å². The monoisotopic (exact) mass is 459 g/mol. The van der Waals surface area contributed by atoms with Gasteiger partial charge in [-0.25, -0.2) is 9.18 Å². The average Bonchev–Trinajstić information content (AvgIpc) is 3.60. The number of nitrogens with two attached hydrogens (primary N) is 1. The zero-order valence-corrected chi connectivity index (χ0v) is 18.4. The Morgan fingerprint density at radius 1 is 1.22 bits per heavy atom. The molecule has 32 heavy (non-hydrogen) atoms. The molecule has 1 aromatic heterocycles. The molecule has 1 unspecified atom stereocenters. The van der Waals surface area contributed by atoms with Crippen molar-refractivity contribution < 1.29 is 14.0 Å². The second-order valence-electron chi connectivity index (χ2n) is 8.57. The second-order valence-corrected chi connectivity index (χ2v) is 8.98. The molecule has 2 aromatic rings. The number of hydrogen-bond donors (Lipinski definition) is 3. The number of aromatic nitrogens is 1. The van der Waals surface area contributed by atoms with Crippen molar-refractivity contribution in [1.82, 2.24) is 15.2 Å². The van der Waals surface area contributed by atoms with Crippen LogP contribution >= 0.6 is 11.6 Å². The van der Waals surface area contributed by atoms with Crippen LogP contribution in [0.15, 0.2) is 42.7 Å². The molecule has 0 radical (unpaired) electrons. The zero-order valence-electron chi connectivity index (χ0n) is 17.7. The summed E-state index contributed by atoms with van der Waals surface area (Å²) in [5, 5.41) is 6.12. The lowest BCUT2D eigenvalue weighted by Gasteiger charge is -2.35. The van der Waals surface area contributed by atoms with Gasteiger partial charge >= 0.3 is 6.03 Å². The maximum atomic E-state index is 13.4. The lowest BCUT2D eigenvalue weighted by Crippen LogP contribution is -2.49. The van der Waals surface area contributed by atoms with Crippen LogP contribution in [0.5, 0.6) is 0 Å². The highest BCUT2D eigenvalue weighted by atomic mass is 35.5. The van der Waals surface area contributed by atoms with Crippen LogP contribution in [0, 0.1) is 11.7 Å². The van der Waals surface area contributed by atoms with Crippen LogP contribution in [0.2, 0.25) is 5.02 Å². The van der Waals surface area contributed by atoms with Crippen LogP contribution in [-0.2, 0) is 10.2 Å². The van der Waals surface area contributed by atoms with Crippen LogP contribution in [0.1, 0.15) is 31.2 Å². The van der Waals surface area contributed by atoms with Crippen molar-refractivity contribution in [1.29, 1.82) is 0 Å². The van der Waals surface area contributed by atoms with Crippen LogP contribution in [0.25, 0.3) is 0 Å². The summed E-state index contributed by atoms with van der Waals surface area (Å²) >= 11 is 6.19. The number of nitrogens with zero attached hydrogens (tertiary/aromatic N) is 2. The number of benzene rings is 1. The summed E-state index contributed by atoms with van der Waals surface area (Å²) in [5.41, 5.74) is 7.07. The fraction of sp³-hybridized carbons (Fsp3) is 0.435. The minimum absolute atomic E-state index is 0.115. The molecule has 1 saturated carbocycles. The third-order valence-corrected chi connectivity index (χ3v) is 6.81. The lowest BCUT2D eigenvalue weighted by molar-refractivity contribution is -0.123. The Morgan fingerprint density at radius 2 is 1.91 bits per heavy atom. The number of anilines is 1. The minimum Gasteiger partial charge on any atom is -0.354 e. The second kappa shape index (κ2) is 9.42. The van der Waals surface area contributed by atoms with E-state index in [2.05, 4.69) is 15.6 Å². The molecular formula is C23H27ClFN5O2. The molecule has 1 aromatic carbocycles. The van der Waals surface area contributed by atoms with E-state index in [4.69, 9.17) is 17.3 Å². The van der Waals surface area contributed by atoms with Crippen LogP contribution in [-0.4, -0.2) is 47.5 Å². The van der Waals surface area contributed by atoms with Crippen molar-refractivity contribution in [2.45, 2.75) is 37.1 Å². The van der Waals surface area contributed by atoms with Crippen molar-refractivity contribution in [3.63, 3.8) is 0 Å². The number of rotatable bonds is 6. The van der Waals surface area contributed by atoms with E-state index >= 15 is 0 Å². The molecule has 2 heterocycles. The summed E-state index contributed by atoms with van der Waals surface area (Å²) in [4.78, 5) is 31.0. The summed E-state index contributed by atoms with van der Waals surface area (Å²) in [6.07, 6.45) is 6.18. The number of nitrogens with one attached hydrogen (secondary N) is 2. The van der Waals surface area contributed by atoms with Gasteiger partial charge in [-0.05, 0) is 61.4 Å². The van der Waals surface area contributed by atoms with Crippen LogP contribution < -0.4 is 16.4 Å². The first-order chi connectivity index (χ1) is 15.4. The molecule has 7 nitrogen and oxygen atoms in total. The predicted octanol–water partition coefficient (Wildman–Crippen LogP) is 3.29. The molecular weight excluding hydrogens is 433 g/mol. The van der Waals surface area contributed by atoms with E-state index in [9.17, 15) is 14.0 Å². The number of urea groups is 1. The third-order valence-electron chi connectivity index (χ3n) is 6.49. The highest BCUT2D eigenvalue weighted by Crippen LogP contribution is 2.50. The molecule has 1 aliphatic heterocycles. The number of hydrogen-bond acceptors (Lipinski definition) is 4. The Morgan fingerprint density at radius 3 is 2.53 bits per heavy atom. The van der Waals surface area contributed by atoms with Gasteiger partial charge < -0.3 is 21.3 Å². The highest BCUT2D eigenvalue weighted by Gasteiger charge is 2.52. The van der Waals surface area contributed by atoms with E-state index in [1.165, 1.54) is 12.1 Å². The van der Waals surface area contributed by atoms with E-state index < -0.39 is 11.2 Å². The van der Waals surface area contributed by atoms with Gasteiger partial charge in [0.2, 0.25) is 5.91 Å². The minimum atomic E-state index is -0.682. The van der Waals surface area contributed by atoms with Crippen molar-refractivity contribution in [2.75, 3.05) is 25.0 Å². The van der Waals surface area contributed by atoms with Crippen LogP contribution in [0.3, 0.4) is 0 Å². The summed E-state index contributed by atoms with van der Waals surface area (Å²) in [6.45, 7) is 1.57. The Labute approximate surface area is 191 Å². The Balaban J connectivity index is 1.25. The number of piperidine rings is 1. The van der Waals surface area contributed by atoms with Gasteiger partial charge in [-0.2, -0.15) is 0 Å². The Hall–Kier alpha value is -2.71. The summed E-state index contributed by atoms with van der Waals surface area (Å²) in [5.74, 6) is -0.321. The molecule has 4 N–H and O–H groups in total. The van der Waals surface area contributed by atoms with Gasteiger partial charge in [-0.1, -0.05) is 17.7 Å². The molecule has 0 bridgehead atoms. The Bertz CT molecular complexity index is 978. The smallest absolute Gasteiger partial charge is 0.321 e. The molecule has 170 valence electrons. The normalized spacial score (nSPS) is 18.7. The largest absolute Gasteiger partial charge is 0.354 e. The first kappa shape index (κ1) is 22.5. The lowest BCUT2D eigenvalue weighted by atomic mass is 9.89. The van der Waals surface area contributed by atoms with E-state index in [1.807, 2.05) is 0 Å². The highest BCUT2D eigenvalue weighted by molar-refractivity contribution is 6.32. The van der Waals surface area contributed by atoms with Gasteiger partial charge in [0.15, 0.2) is 0 Å². The fourth-order valence-corrected chi connectivity index (χ4v) is 4.68. The molecule has 2 aliphatic rings. The van der Waals surface area contributed by atoms with E-state index in [1.54, 1.807) is 35.5 Å². The van der Waals surface area contributed by atoms with Crippen LogP contribution in [0.4, 0.5) is 14.9 Å². The van der Waals surface area contributed by atoms with Gasteiger partial charge in [-0.3, -0.25) is 9.78 Å². The molecule has 9 heteroatoms. The molecule has 2 fully saturated rings. The number of carbonyl (C=O) groups excluding carboxylic acids is 2. The molecule has 3 amide bonds. The van der Waals surface area contributed by atoms with Gasteiger partial charge in [0.1, 0.15) is 5.82 Å². The number of likely N-dealkylation sites (tertiary alicyclic amines) is 1. The SMILES string of the molecule is NC(CNC(=O)C1(c2ccc(F)cc2Cl)CC1)C1CCN(C(=O)Nc2ccncc2)CC1. The zero-order chi connectivity index (χ0) is 22.7. The summed E-state index contributed by atoms with van der Waals surface area (Å²) in [6, 6.07) is 7.32. The first-order valence-corrected chi connectivity index (χ1v) is 11.2. The molecule has 4 rings (SSSR count). The number of halogens is 2. The average molecular weight is 460 g/mol. The topological polar surface area (TPSA) is 100 Å². The maximum absolute atomic E-state index is 13.4. The van der Waals surface area contributed by atoms with Gasteiger partial charge in [-0.15, -0.1) is 0 Å². The third kappa shape index (κ3) is 4.86. The maximum Gasteiger partial charge on any atom is 0.321 e. The number of amides is 3. The van der Waals surface area contributed by atoms with E-state index in [0.29, 0.717) is 43.7 Å². The van der Waals surface area contributed by atoms with Crippen molar-refractivity contribution >= 4 is 29.2 Å². The van der Waals surface area contributed by atoms with Gasteiger partial charge in [0.05, 0.1) is 5.41 Å². The van der Waals surface area contributed by atoms with Gasteiger partial charge in [0, 0.05) is 48.8 Å². The molecule has 1 aliphatic carbocycles. The summed E-state index contributed by atoms with van der Waals surface area (Å²) < 4.78 is 13.4. The first-order valence-electron chi connectivity index (χ1n) is 10.8. The predicted molar refractivity (Wildman–Crippen MR) is 121 cm³/mol. The van der Waals surface area contributed by atoms with E-state index in [-0.39, 0.29) is 28.9 Å². The molecule has 1 saturated heterocycles. The van der Waals surface area contributed by atoms with Crippen molar-refractivity contribution in [3.8, 4) is 0 Å². The Kier molecular flexibility index (Phi) is 6.62. The van der Waals surface area contributed by atoms with Crippen molar-refractivity contribution in [3.05, 3.63) is 59.1 Å². The number of carbonyl (C=O) groups is 2. The van der Waals surface area contributed by atoms with Gasteiger partial charge in [0.25, 0.3) is 0 Å². The molecule has 1 atom stereocenters. The van der Waals surface area contributed by atoms with Crippen molar-refractivity contribution in [2.24, 2.45) is 11.7 Å². The standard InChI is InChI=1S/C23H27ClFN5O2/c24-19-13-16(25)1-2-18(19)23(7-8-23)21(31)28-14-20(26)15-5-11-30(12-6-15)22(32)29-17-3-9-27-10-4-17/h1-4,9-10,13,15,20H,5-8,11-12,14,26H2,(H,28,31)(H,27,29,32). The summed E-state index contributed by atoms with van der Waals surface area (Å²) in [7, 11) is 0. The fourth-order valence-electron chi connectivity index (χ4n) is 4.34. The molecule has 0 spiro atoms.